The van der Waals surface area contributed by atoms with Crippen molar-refractivity contribution in [3.63, 3.8) is 0 Å². The van der Waals surface area contributed by atoms with Gasteiger partial charge in [0.1, 0.15) is 0 Å². The van der Waals surface area contributed by atoms with Crippen LogP contribution in [0.4, 0.5) is 17.3 Å². The maximum Gasteiger partial charge on any atom is 0.673 e. The molecule has 0 bridgehead atoms. The Morgan fingerprint density at radius 2 is 1.56 bits per heavy atom. The number of aromatic nitrogens is 1. The van der Waals surface area contributed by atoms with E-state index in [4.69, 9.17) is 4.52 Å². The smallest absolute Gasteiger partial charge is 0.418 e. The van der Waals surface area contributed by atoms with E-state index in [-0.39, 0.29) is 0 Å². The molecule has 0 aliphatic heterocycles. The van der Waals surface area contributed by atoms with Crippen molar-refractivity contribution in [2.24, 2.45) is 7.05 Å². The van der Waals surface area contributed by atoms with Crippen LogP contribution in [-0.2, 0) is 7.05 Å². The van der Waals surface area contributed by atoms with Gasteiger partial charge in [0.05, 0.1) is 11.6 Å². The summed E-state index contributed by atoms with van der Waals surface area (Å²) in [6.07, 6.45) is 0. The van der Waals surface area contributed by atoms with Crippen molar-refractivity contribution < 1.29 is 26.5 Å². The van der Waals surface area contributed by atoms with Crippen LogP contribution in [0.2, 0.25) is 0 Å². The van der Waals surface area contributed by atoms with Crippen LogP contribution in [0.25, 0.3) is 11.3 Å². The molecule has 98 valence electrons. The monoisotopic (exact) mass is 261 g/mol. The van der Waals surface area contributed by atoms with Gasteiger partial charge in [0.15, 0.2) is 12.8 Å². The number of benzene rings is 1. The predicted molar refractivity (Wildman–Crippen MR) is 60.2 cm³/mol. The van der Waals surface area contributed by atoms with Crippen molar-refractivity contribution in [3.05, 3.63) is 42.2 Å². The Bertz CT molecular complexity index is 489. The van der Waals surface area contributed by atoms with Crippen molar-refractivity contribution in [3.8, 4) is 11.3 Å². The summed E-state index contributed by atoms with van der Waals surface area (Å²) in [5, 5.41) is 0. The van der Waals surface area contributed by atoms with Gasteiger partial charge in [-0.1, -0.05) is 18.2 Å². The zero-order valence-corrected chi connectivity index (χ0v) is 9.91. The minimum absolute atomic E-state index is 0.932. The molecule has 0 radical (unpaired) electrons. The molecule has 7 heteroatoms. The van der Waals surface area contributed by atoms with Gasteiger partial charge < -0.3 is 17.3 Å². The van der Waals surface area contributed by atoms with E-state index in [0.717, 1.165) is 11.5 Å². The number of rotatable bonds is 1. The highest BCUT2D eigenvalue weighted by Gasteiger charge is 2.20. The molecule has 0 saturated carbocycles. The topological polar surface area (TPSA) is 17.0 Å². The summed E-state index contributed by atoms with van der Waals surface area (Å²) in [6.45, 7) is 1.95. The highest BCUT2D eigenvalue weighted by atomic mass is 19.5. The molecule has 2 rings (SSSR count). The van der Waals surface area contributed by atoms with Gasteiger partial charge in [-0.25, -0.2) is 4.52 Å². The Labute approximate surface area is 102 Å². The molecule has 0 saturated heterocycles. The molecule has 0 aliphatic carbocycles. The van der Waals surface area contributed by atoms with Crippen LogP contribution in [0.5, 0.6) is 0 Å². The Kier molecular flexibility index (Phi) is 4.52. The molecule has 0 atom stereocenters. The van der Waals surface area contributed by atoms with E-state index in [2.05, 4.69) is 12.1 Å². The van der Waals surface area contributed by atoms with Gasteiger partial charge in [0, 0.05) is 6.92 Å². The lowest BCUT2D eigenvalue weighted by Crippen LogP contribution is -2.26. The van der Waals surface area contributed by atoms with Crippen LogP contribution in [-0.4, -0.2) is 7.25 Å². The van der Waals surface area contributed by atoms with Crippen LogP contribution in [0.15, 0.2) is 40.9 Å². The van der Waals surface area contributed by atoms with Crippen LogP contribution in [0.3, 0.4) is 0 Å². The van der Waals surface area contributed by atoms with Gasteiger partial charge >= 0.3 is 7.25 Å². The molecule has 2 aromatic rings. The largest absolute Gasteiger partial charge is 0.673 e. The third-order valence-electron chi connectivity index (χ3n) is 2.03. The molecule has 18 heavy (non-hydrogen) atoms. The third kappa shape index (κ3) is 5.03. The molecular weight excluding hydrogens is 249 g/mol. The van der Waals surface area contributed by atoms with Crippen molar-refractivity contribution in [1.82, 2.24) is 0 Å². The zero-order chi connectivity index (χ0) is 13.8. The molecule has 0 N–H and O–H groups in total. The maximum absolute atomic E-state index is 9.75. The minimum Gasteiger partial charge on any atom is -0.418 e. The second-order valence-electron chi connectivity index (χ2n) is 3.59. The van der Waals surface area contributed by atoms with Crippen LogP contribution in [0, 0.1) is 6.92 Å². The van der Waals surface area contributed by atoms with E-state index in [1.165, 1.54) is 5.56 Å². The van der Waals surface area contributed by atoms with E-state index in [1.807, 2.05) is 38.2 Å². The summed E-state index contributed by atoms with van der Waals surface area (Å²) < 4.78 is 46.2. The molecule has 0 fully saturated rings. The molecule has 1 heterocycles. The summed E-state index contributed by atoms with van der Waals surface area (Å²) in [7, 11) is -4.09. The van der Waals surface area contributed by atoms with Crippen molar-refractivity contribution in [2.45, 2.75) is 6.92 Å². The van der Waals surface area contributed by atoms with Crippen LogP contribution >= 0.6 is 0 Å². The number of hydrogen-bond donors (Lipinski definition) is 0. The van der Waals surface area contributed by atoms with E-state index in [1.54, 1.807) is 4.74 Å². The highest BCUT2D eigenvalue weighted by molar-refractivity contribution is 6.50. The lowest BCUT2D eigenvalue weighted by molar-refractivity contribution is -0.837. The van der Waals surface area contributed by atoms with Gasteiger partial charge in [-0.2, -0.15) is 0 Å². The fraction of sp³-hybridized carbons (Fsp3) is 0.182. The minimum atomic E-state index is -6.00. The van der Waals surface area contributed by atoms with Crippen LogP contribution < -0.4 is 4.74 Å². The van der Waals surface area contributed by atoms with Crippen molar-refractivity contribution in [2.75, 3.05) is 0 Å². The first-order valence-electron chi connectivity index (χ1n) is 5.17. The first kappa shape index (κ1) is 14.3. The summed E-state index contributed by atoms with van der Waals surface area (Å²) >= 11 is 0. The summed E-state index contributed by atoms with van der Waals surface area (Å²) in [5.41, 5.74) is 2.29. The predicted octanol–water partition coefficient (Wildman–Crippen LogP) is 3.38. The zero-order valence-electron chi connectivity index (χ0n) is 9.91. The average molecular weight is 261 g/mol. The fourth-order valence-electron chi connectivity index (χ4n) is 1.45. The number of nitrogens with zero attached hydrogens (tertiary/aromatic N) is 1. The Morgan fingerprint density at radius 3 is 1.94 bits per heavy atom. The van der Waals surface area contributed by atoms with Crippen molar-refractivity contribution >= 4 is 7.25 Å². The normalized spacial score (nSPS) is 10.8. The SMILES string of the molecule is Cc1cc(-c2ccccc2)[n+](C)o1.F[B-](F)(F)F. The summed E-state index contributed by atoms with van der Waals surface area (Å²) in [4.78, 5) is 0. The van der Waals surface area contributed by atoms with Crippen molar-refractivity contribution in [1.29, 1.82) is 0 Å². The van der Waals surface area contributed by atoms with Gasteiger partial charge in [0.25, 0.3) is 5.69 Å². The summed E-state index contributed by atoms with van der Waals surface area (Å²) in [6, 6.07) is 12.2. The second kappa shape index (κ2) is 5.70. The van der Waals surface area contributed by atoms with E-state index in [0.29, 0.717) is 0 Å². The third-order valence-corrected chi connectivity index (χ3v) is 2.03. The Morgan fingerprint density at radius 1 is 1.06 bits per heavy atom. The highest BCUT2D eigenvalue weighted by Crippen LogP contribution is 2.15. The molecule has 2 nitrogen and oxygen atoms in total. The molecular formula is C11H12BF4NO. The van der Waals surface area contributed by atoms with Gasteiger partial charge in [-0.3, -0.25) is 0 Å². The molecule has 0 amide bonds. The first-order chi connectivity index (χ1) is 8.27. The van der Waals surface area contributed by atoms with E-state index in [9.17, 15) is 17.3 Å². The Balaban J connectivity index is 0.000000280. The number of aryl methyl sites for hydroxylation is 2. The first-order valence-corrected chi connectivity index (χ1v) is 5.17. The molecule has 1 aromatic heterocycles. The standard InChI is InChI=1S/C11H12NO.BF4/c1-9-8-11(12(2)13-9)10-6-4-3-5-7-10;2-1(3,4)5/h3-8H,1-2H3;/q+1;-1. The average Bonchev–Trinajstić information content (AvgIpc) is 2.57. The van der Waals surface area contributed by atoms with Gasteiger partial charge in [-0.05, 0) is 16.9 Å². The lowest BCUT2D eigenvalue weighted by atomic mass is 10.1. The number of halogens is 4. The second-order valence-corrected chi connectivity index (χ2v) is 3.59. The molecule has 1 aromatic carbocycles. The van der Waals surface area contributed by atoms with E-state index >= 15 is 0 Å². The summed E-state index contributed by atoms with van der Waals surface area (Å²) in [5.74, 6) is 0.932. The molecule has 0 spiro atoms. The van der Waals surface area contributed by atoms with Gasteiger partial charge in [0.2, 0.25) is 0 Å². The molecule has 0 aliphatic rings. The van der Waals surface area contributed by atoms with Gasteiger partial charge in [-0.15, -0.1) is 0 Å². The fourth-order valence-corrected chi connectivity index (χ4v) is 1.45. The van der Waals surface area contributed by atoms with E-state index < -0.39 is 7.25 Å². The lowest BCUT2D eigenvalue weighted by Gasteiger charge is -1.94. The maximum atomic E-state index is 9.75. The number of hydrogen-bond acceptors (Lipinski definition) is 1. The molecule has 0 unspecified atom stereocenters. The quantitative estimate of drug-likeness (QED) is 0.437. The Hall–Kier alpha value is -1.79. The van der Waals surface area contributed by atoms with Crippen LogP contribution in [0.1, 0.15) is 5.76 Å².